The minimum atomic E-state index is -0.461. The Bertz CT molecular complexity index is 451. The molecule has 1 aliphatic heterocycles. The first-order chi connectivity index (χ1) is 7.97. The van der Waals surface area contributed by atoms with E-state index in [9.17, 15) is 10.1 Å². The quantitative estimate of drug-likeness (QED) is 0.583. The fourth-order valence-electron chi connectivity index (χ4n) is 1.91. The van der Waals surface area contributed by atoms with Gasteiger partial charge in [-0.25, -0.2) is 0 Å². The van der Waals surface area contributed by atoms with Gasteiger partial charge >= 0.3 is 11.6 Å². The predicted octanol–water partition coefficient (Wildman–Crippen LogP) is 1.14. The van der Waals surface area contributed by atoms with Gasteiger partial charge in [-0.05, 0) is 6.92 Å². The summed E-state index contributed by atoms with van der Waals surface area (Å²) in [5.74, 6) is 0.0661. The van der Waals surface area contributed by atoms with Gasteiger partial charge in [0.2, 0.25) is 0 Å². The van der Waals surface area contributed by atoms with E-state index in [1.165, 1.54) is 7.11 Å². The zero-order valence-corrected chi connectivity index (χ0v) is 10.1. The van der Waals surface area contributed by atoms with Crippen molar-refractivity contribution in [2.75, 3.05) is 20.3 Å². The molecule has 0 amide bonds. The predicted molar refractivity (Wildman–Crippen MR) is 59.1 cm³/mol. The highest BCUT2D eigenvalue weighted by atomic mass is 16.6. The Morgan fingerprint density at radius 2 is 2.29 bits per heavy atom. The largest absolute Gasteiger partial charge is 0.475 e. The SMILES string of the molecule is COc1nn(CC2(C)COC2)c(C)c1[N+](=O)[O-]. The van der Waals surface area contributed by atoms with Crippen molar-refractivity contribution >= 4 is 5.69 Å². The molecule has 2 rings (SSSR count). The summed E-state index contributed by atoms with van der Waals surface area (Å²) in [4.78, 5) is 10.5. The highest BCUT2D eigenvalue weighted by Crippen LogP contribution is 2.33. The van der Waals surface area contributed by atoms with E-state index in [-0.39, 0.29) is 17.0 Å². The van der Waals surface area contributed by atoms with Gasteiger partial charge in [0.05, 0.1) is 31.8 Å². The molecule has 0 aliphatic carbocycles. The molecule has 0 N–H and O–H groups in total. The molecule has 0 atom stereocenters. The normalized spacial score (nSPS) is 17.6. The smallest absolute Gasteiger partial charge is 0.352 e. The Morgan fingerprint density at radius 3 is 2.65 bits per heavy atom. The van der Waals surface area contributed by atoms with Crippen LogP contribution in [0.5, 0.6) is 5.88 Å². The van der Waals surface area contributed by atoms with E-state index in [1.807, 2.05) is 0 Å². The maximum atomic E-state index is 10.9. The van der Waals surface area contributed by atoms with Crippen LogP contribution < -0.4 is 4.74 Å². The molecule has 1 fully saturated rings. The number of rotatable bonds is 4. The Kier molecular flexibility index (Phi) is 2.78. The van der Waals surface area contributed by atoms with Gasteiger partial charge in [-0.2, -0.15) is 0 Å². The summed E-state index contributed by atoms with van der Waals surface area (Å²) in [7, 11) is 1.38. The molecule has 2 heterocycles. The molecule has 17 heavy (non-hydrogen) atoms. The fraction of sp³-hybridized carbons (Fsp3) is 0.700. The van der Waals surface area contributed by atoms with E-state index >= 15 is 0 Å². The third kappa shape index (κ3) is 1.97. The van der Waals surface area contributed by atoms with Gasteiger partial charge in [-0.3, -0.25) is 14.8 Å². The van der Waals surface area contributed by atoms with Gasteiger partial charge in [0.25, 0.3) is 0 Å². The molecule has 0 radical (unpaired) electrons. The Hall–Kier alpha value is -1.63. The summed E-state index contributed by atoms with van der Waals surface area (Å²) in [6.45, 7) is 5.65. The lowest BCUT2D eigenvalue weighted by Crippen LogP contribution is -2.43. The van der Waals surface area contributed by atoms with E-state index in [0.29, 0.717) is 25.5 Å². The van der Waals surface area contributed by atoms with E-state index < -0.39 is 4.92 Å². The second-order valence-corrected chi connectivity index (χ2v) is 4.66. The first-order valence-electron chi connectivity index (χ1n) is 5.30. The lowest BCUT2D eigenvalue weighted by Gasteiger charge is -2.37. The monoisotopic (exact) mass is 241 g/mol. The minimum absolute atomic E-state index is 0.00958. The van der Waals surface area contributed by atoms with Crippen LogP contribution >= 0.6 is 0 Å². The van der Waals surface area contributed by atoms with E-state index in [0.717, 1.165) is 0 Å². The lowest BCUT2D eigenvalue weighted by atomic mass is 9.89. The highest BCUT2D eigenvalue weighted by Gasteiger charge is 2.36. The number of hydrogen-bond donors (Lipinski definition) is 0. The van der Waals surface area contributed by atoms with E-state index in [2.05, 4.69) is 12.0 Å². The van der Waals surface area contributed by atoms with E-state index in [4.69, 9.17) is 9.47 Å². The summed E-state index contributed by atoms with van der Waals surface area (Å²) >= 11 is 0. The Balaban J connectivity index is 2.32. The van der Waals surface area contributed by atoms with Crippen molar-refractivity contribution in [2.24, 2.45) is 5.41 Å². The molecule has 1 saturated heterocycles. The van der Waals surface area contributed by atoms with Gasteiger partial charge in [0.1, 0.15) is 5.69 Å². The molecule has 1 aromatic rings. The Morgan fingerprint density at radius 1 is 1.65 bits per heavy atom. The second kappa shape index (κ2) is 3.99. The standard InChI is InChI=1S/C10H15N3O4/c1-7-8(13(14)15)9(16-3)11-12(7)4-10(2)5-17-6-10/h4-6H2,1-3H3. The fourth-order valence-corrected chi connectivity index (χ4v) is 1.91. The van der Waals surface area contributed by atoms with Crippen molar-refractivity contribution < 1.29 is 14.4 Å². The average Bonchev–Trinajstić information content (AvgIpc) is 2.53. The summed E-state index contributed by atoms with van der Waals surface area (Å²) < 4.78 is 11.7. The minimum Gasteiger partial charge on any atom is -0.475 e. The maximum absolute atomic E-state index is 10.9. The van der Waals surface area contributed by atoms with Gasteiger partial charge in [-0.1, -0.05) is 6.92 Å². The van der Waals surface area contributed by atoms with Gasteiger partial charge in [0.15, 0.2) is 0 Å². The molecule has 0 spiro atoms. The molecular weight excluding hydrogens is 226 g/mol. The molecule has 1 aliphatic rings. The van der Waals surface area contributed by atoms with Crippen molar-refractivity contribution in [2.45, 2.75) is 20.4 Å². The van der Waals surface area contributed by atoms with Crippen LogP contribution in [0, 0.1) is 22.5 Å². The molecule has 0 aromatic carbocycles. The van der Waals surface area contributed by atoms with Crippen molar-refractivity contribution in [3.63, 3.8) is 0 Å². The van der Waals surface area contributed by atoms with E-state index in [1.54, 1.807) is 11.6 Å². The summed E-state index contributed by atoms with van der Waals surface area (Å²) in [6, 6.07) is 0. The summed E-state index contributed by atoms with van der Waals surface area (Å²) in [5.41, 5.74) is 0.465. The van der Waals surface area contributed by atoms with Crippen LogP contribution in [-0.4, -0.2) is 35.0 Å². The van der Waals surface area contributed by atoms with Crippen LogP contribution in [-0.2, 0) is 11.3 Å². The summed E-state index contributed by atoms with van der Waals surface area (Å²) in [6.07, 6.45) is 0. The number of nitro groups is 1. The van der Waals surface area contributed by atoms with Crippen LogP contribution in [0.15, 0.2) is 0 Å². The van der Waals surface area contributed by atoms with Crippen LogP contribution in [0.2, 0.25) is 0 Å². The van der Waals surface area contributed by atoms with Gasteiger partial charge in [-0.15, -0.1) is 5.10 Å². The molecule has 0 unspecified atom stereocenters. The third-order valence-electron chi connectivity index (χ3n) is 2.95. The van der Waals surface area contributed by atoms with Crippen molar-refractivity contribution in [1.29, 1.82) is 0 Å². The molecule has 1 aromatic heterocycles. The number of methoxy groups -OCH3 is 1. The van der Waals surface area contributed by atoms with Crippen molar-refractivity contribution in [3.8, 4) is 5.88 Å². The zero-order chi connectivity index (χ0) is 12.6. The number of aromatic nitrogens is 2. The average molecular weight is 241 g/mol. The Labute approximate surface area is 98.5 Å². The molecule has 94 valence electrons. The lowest BCUT2D eigenvalue weighted by molar-refractivity contribution is -0.386. The zero-order valence-electron chi connectivity index (χ0n) is 10.1. The van der Waals surface area contributed by atoms with Crippen LogP contribution in [0.3, 0.4) is 0 Å². The van der Waals surface area contributed by atoms with Crippen LogP contribution in [0.1, 0.15) is 12.6 Å². The number of hydrogen-bond acceptors (Lipinski definition) is 5. The third-order valence-corrected chi connectivity index (χ3v) is 2.95. The van der Waals surface area contributed by atoms with Crippen LogP contribution in [0.4, 0.5) is 5.69 Å². The molecule has 0 bridgehead atoms. The molecule has 0 saturated carbocycles. The first-order valence-corrected chi connectivity index (χ1v) is 5.30. The molecule has 7 heteroatoms. The first kappa shape index (κ1) is 11.8. The topological polar surface area (TPSA) is 79.4 Å². The highest BCUT2D eigenvalue weighted by molar-refractivity contribution is 5.45. The maximum Gasteiger partial charge on any atom is 0.352 e. The van der Waals surface area contributed by atoms with Crippen molar-refractivity contribution in [3.05, 3.63) is 15.8 Å². The molecule has 7 nitrogen and oxygen atoms in total. The number of nitrogens with zero attached hydrogens (tertiary/aromatic N) is 3. The molecular formula is C10H15N3O4. The van der Waals surface area contributed by atoms with Gasteiger partial charge in [0, 0.05) is 5.41 Å². The number of ether oxygens (including phenoxy) is 2. The van der Waals surface area contributed by atoms with Crippen LogP contribution in [0.25, 0.3) is 0 Å². The van der Waals surface area contributed by atoms with Gasteiger partial charge < -0.3 is 9.47 Å². The summed E-state index contributed by atoms with van der Waals surface area (Å²) in [5, 5.41) is 15.0. The van der Waals surface area contributed by atoms with Crippen molar-refractivity contribution in [1.82, 2.24) is 9.78 Å². The second-order valence-electron chi connectivity index (χ2n) is 4.66.